The fourth-order valence-corrected chi connectivity index (χ4v) is 1.28. The molecule has 0 fully saturated rings. The van der Waals surface area contributed by atoms with E-state index >= 15 is 0 Å². The Morgan fingerprint density at radius 3 is 2.86 bits per heavy atom. The lowest BCUT2D eigenvalue weighted by Gasteiger charge is -2.14. The number of nitrogens with one attached hydrogen (secondary N) is 1. The molecule has 1 aromatic carbocycles. The Morgan fingerprint density at radius 1 is 1.50 bits per heavy atom. The molecule has 0 heterocycles. The maximum atomic E-state index is 13.2. The smallest absolute Gasteiger partial charge is 0.146 e. The fourth-order valence-electron chi connectivity index (χ4n) is 1.28. The molecule has 1 nitrogen and oxygen atoms in total. The molecule has 0 aromatic heterocycles. The van der Waals surface area contributed by atoms with Crippen molar-refractivity contribution in [1.29, 1.82) is 0 Å². The van der Waals surface area contributed by atoms with E-state index in [1.54, 1.807) is 12.1 Å². The predicted molar refractivity (Wildman–Crippen MR) is 58.9 cm³/mol. The fraction of sp³-hybridized carbons (Fsp3) is 0.333. The van der Waals surface area contributed by atoms with Crippen molar-refractivity contribution in [3.05, 3.63) is 42.7 Å². The van der Waals surface area contributed by atoms with Crippen molar-refractivity contribution < 1.29 is 4.39 Å². The monoisotopic (exact) mass is 193 g/mol. The van der Waals surface area contributed by atoms with E-state index in [1.165, 1.54) is 6.07 Å². The molecule has 0 saturated heterocycles. The lowest BCUT2D eigenvalue weighted by atomic mass is 10.1. The first-order valence-electron chi connectivity index (χ1n) is 4.86. The van der Waals surface area contributed by atoms with Crippen LogP contribution >= 0.6 is 0 Å². The van der Waals surface area contributed by atoms with Gasteiger partial charge in [-0.05, 0) is 31.9 Å². The highest BCUT2D eigenvalue weighted by Gasteiger charge is 2.03. The minimum absolute atomic E-state index is 0.196. The van der Waals surface area contributed by atoms with Crippen LogP contribution < -0.4 is 5.32 Å². The summed E-state index contributed by atoms with van der Waals surface area (Å²) in [6.45, 7) is 5.69. The first kappa shape index (κ1) is 10.8. The summed E-state index contributed by atoms with van der Waals surface area (Å²) in [7, 11) is 0. The summed E-state index contributed by atoms with van der Waals surface area (Å²) < 4.78 is 13.2. The summed E-state index contributed by atoms with van der Waals surface area (Å²) in [5, 5.41) is 3.12. The number of hydrogen-bond acceptors (Lipinski definition) is 1. The van der Waals surface area contributed by atoms with Gasteiger partial charge in [0.15, 0.2) is 0 Å². The van der Waals surface area contributed by atoms with Crippen molar-refractivity contribution in [3.8, 4) is 0 Å². The van der Waals surface area contributed by atoms with Crippen LogP contribution in [0.2, 0.25) is 0 Å². The third kappa shape index (κ3) is 3.21. The van der Waals surface area contributed by atoms with Gasteiger partial charge in [0, 0.05) is 6.04 Å². The largest absolute Gasteiger partial charge is 0.380 e. The number of benzene rings is 1. The van der Waals surface area contributed by atoms with Gasteiger partial charge in [0.05, 0.1) is 5.69 Å². The molecule has 0 aliphatic heterocycles. The first-order chi connectivity index (χ1) is 6.74. The van der Waals surface area contributed by atoms with Crippen LogP contribution in [0.1, 0.15) is 19.8 Å². The minimum atomic E-state index is -0.196. The SMILES string of the molecule is C=CCCC(C)Nc1ccccc1F. The van der Waals surface area contributed by atoms with Crippen molar-refractivity contribution in [2.45, 2.75) is 25.8 Å². The second-order valence-corrected chi connectivity index (χ2v) is 3.39. The van der Waals surface area contributed by atoms with Crippen molar-refractivity contribution in [2.75, 3.05) is 5.32 Å². The Hall–Kier alpha value is -1.31. The Balaban J connectivity index is 2.51. The molecule has 1 aromatic rings. The van der Waals surface area contributed by atoms with Crippen LogP contribution in [0.4, 0.5) is 10.1 Å². The lowest BCUT2D eigenvalue weighted by Crippen LogP contribution is -2.15. The van der Waals surface area contributed by atoms with Crippen molar-refractivity contribution >= 4 is 5.69 Å². The van der Waals surface area contributed by atoms with Crippen LogP contribution in [0, 0.1) is 5.82 Å². The Labute approximate surface area is 84.6 Å². The molecular weight excluding hydrogens is 177 g/mol. The average molecular weight is 193 g/mol. The Kier molecular flexibility index (Phi) is 4.17. The highest BCUT2D eigenvalue weighted by molar-refractivity contribution is 5.44. The Bertz CT molecular complexity index is 296. The average Bonchev–Trinajstić information content (AvgIpc) is 2.18. The number of allylic oxidation sites excluding steroid dienone is 1. The van der Waals surface area contributed by atoms with Gasteiger partial charge in [-0.2, -0.15) is 0 Å². The van der Waals surface area contributed by atoms with Crippen LogP contribution in [-0.2, 0) is 0 Å². The van der Waals surface area contributed by atoms with Crippen LogP contribution in [0.15, 0.2) is 36.9 Å². The molecule has 1 unspecified atom stereocenters. The topological polar surface area (TPSA) is 12.0 Å². The number of hydrogen-bond donors (Lipinski definition) is 1. The van der Waals surface area contributed by atoms with E-state index in [0.29, 0.717) is 5.69 Å². The zero-order valence-electron chi connectivity index (χ0n) is 8.46. The van der Waals surface area contributed by atoms with E-state index in [1.807, 2.05) is 19.1 Å². The molecule has 76 valence electrons. The van der Waals surface area contributed by atoms with Gasteiger partial charge in [0.25, 0.3) is 0 Å². The first-order valence-corrected chi connectivity index (χ1v) is 4.86. The molecule has 0 bridgehead atoms. The molecule has 2 heteroatoms. The molecular formula is C12H16FN. The summed E-state index contributed by atoms with van der Waals surface area (Å²) in [5.41, 5.74) is 0.573. The summed E-state index contributed by atoms with van der Waals surface area (Å²) >= 11 is 0. The third-order valence-electron chi connectivity index (χ3n) is 2.08. The number of halogens is 1. The van der Waals surface area contributed by atoms with Gasteiger partial charge in [0.2, 0.25) is 0 Å². The van der Waals surface area contributed by atoms with Gasteiger partial charge in [-0.1, -0.05) is 18.2 Å². The van der Waals surface area contributed by atoms with Gasteiger partial charge in [-0.25, -0.2) is 4.39 Å². The number of anilines is 1. The van der Waals surface area contributed by atoms with Crippen molar-refractivity contribution in [3.63, 3.8) is 0 Å². The summed E-state index contributed by atoms with van der Waals surface area (Å²) in [5.74, 6) is -0.196. The highest BCUT2D eigenvalue weighted by atomic mass is 19.1. The van der Waals surface area contributed by atoms with E-state index in [2.05, 4.69) is 11.9 Å². The molecule has 0 aliphatic rings. The molecule has 0 radical (unpaired) electrons. The quantitative estimate of drug-likeness (QED) is 0.704. The summed E-state index contributed by atoms with van der Waals surface area (Å²) in [4.78, 5) is 0. The maximum Gasteiger partial charge on any atom is 0.146 e. The van der Waals surface area contributed by atoms with E-state index in [0.717, 1.165) is 12.8 Å². The van der Waals surface area contributed by atoms with E-state index in [-0.39, 0.29) is 11.9 Å². The normalized spacial score (nSPS) is 12.1. The maximum absolute atomic E-state index is 13.2. The van der Waals surface area contributed by atoms with Crippen LogP contribution in [-0.4, -0.2) is 6.04 Å². The number of para-hydroxylation sites is 1. The van der Waals surface area contributed by atoms with Gasteiger partial charge < -0.3 is 5.32 Å². The van der Waals surface area contributed by atoms with Gasteiger partial charge in [-0.15, -0.1) is 6.58 Å². The molecule has 0 aliphatic carbocycles. The van der Waals surface area contributed by atoms with Crippen LogP contribution in [0.25, 0.3) is 0 Å². The summed E-state index contributed by atoms with van der Waals surface area (Å²) in [6.07, 6.45) is 3.79. The van der Waals surface area contributed by atoms with Gasteiger partial charge in [0.1, 0.15) is 5.82 Å². The Morgan fingerprint density at radius 2 is 2.21 bits per heavy atom. The molecule has 0 saturated carbocycles. The summed E-state index contributed by atoms with van der Waals surface area (Å²) in [6, 6.07) is 6.99. The molecule has 0 spiro atoms. The van der Waals surface area contributed by atoms with Crippen molar-refractivity contribution in [2.24, 2.45) is 0 Å². The van der Waals surface area contributed by atoms with E-state index < -0.39 is 0 Å². The van der Waals surface area contributed by atoms with Crippen molar-refractivity contribution in [1.82, 2.24) is 0 Å². The molecule has 1 rings (SSSR count). The lowest BCUT2D eigenvalue weighted by molar-refractivity contribution is 0.622. The molecule has 0 amide bonds. The minimum Gasteiger partial charge on any atom is -0.380 e. The van der Waals surface area contributed by atoms with Crippen LogP contribution in [0.5, 0.6) is 0 Å². The van der Waals surface area contributed by atoms with Crippen LogP contribution in [0.3, 0.4) is 0 Å². The zero-order chi connectivity index (χ0) is 10.4. The van der Waals surface area contributed by atoms with E-state index in [4.69, 9.17) is 0 Å². The van der Waals surface area contributed by atoms with E-state index in [9.17, 15) is 4.39 Å². The number of rotatable bonds is 5. The molecule has 1 atom stereocenters. The van der Waals surface area contributed by atoms with Gasteiger partial charge in [-0.3, -0.25) is 0 Å². The predicted octanol–water partition coefficient (Wildman–Crippen LogP) is 3.59. The molecule has 1 N–H and O–H groups in total. The zero-order valence-corrected chi connectivity index (χ0v) is 8.46. The third-order valence-corrected chi connectivity index (χ3v) is 2.08. The van der Waals surface area contributed by atoms with Gasteiger partial charge >= 0.3 is 0 Å². The molecule has 14 heavy (non-hydrogen) atoms. The second-order valence-electron chi connectivity index (χ2n) is 3.39. The highest BCUT2D eigenvalue weighted by Crippen LogP contribution is 2.14. The standard InChI is InChI=1S/C12H16FN/c1-3-4-7-10(2)14-12-9-6-5-8-11(12)13/h3,5-6,8-10,14H,1,4,7H2,2H3. The second kappa shape index (κ2) is 5.43.